The van der Waals surface area contributed by atoms with E-state index < -0.39 is 92.7 Å². The summed E-state index contributed by atoms with van der Waals surface area (Å²) in [5, 5.41) is 26.8. The molecule has 3 aliphatic heterocycles. The first-order valence-electron chi connectivity index (χ1n) is 16.8. The Kier molecular flexibility index (Phi) is 6.17. The normalized spacial score (nSPS) is 50.9. The van der Waals surface area contributed by atoms with Gasteiger partial charge in [-0.1, -0.05) is 40.7 Å². The van der Waals surface area contributed by atoms with E-state index >= 15 is 0 Å². The van der Waals surface area contributed by atoms with Crippen LogP contribution in [0, 0.1) is 28.1 Å². The number of hydrogen-bond donors (Lipinski definition) is 2. The van der Waals surface area contributed by atoms with Gasteiger partial charge >= 0.3 is 17.9 Å². The van der Waals surface area contributed by atoms with Crippen LogP contribution >= 0.6 is 0 Å². The van der Waals surface area contributed by atoms with E-state index in [1.807, 2.05) is 34.6 Å². The molecule has 4 aliphatic carbocycles. The SMILES string of the molecule is C/C=C(\C)C(=O)O[C@H]1[C@]2(C)C[C@]3(O)[C@@]1(O)[C@H]1OC4(C(C)C)O[C@@]5(CC[C@]6(C)C(=CC(=O)O[C@H]6c6ccoc6)[C@@]15O4)[C@]3(C)[C@H]2CC(=O)OC. The monoisotopic (exact) mass is 668 g/mol. The van der Waals surface area contributed by atoms with Gasteiger partial charge < -0.3 is 43.1 Å². The summed E-state index contributed by atoms with van der Waals surface area (Å²) >= 11 is 0. The van der Waals surface area contributed by atoms with E-state index in [1.165, 1.54) is 25.7 Å². The number of hydrogen-bond acceptors (Lipinski definition) is 12. The molecule has 4 saturated carbocycles. The quantitative estimate of drug-likeness (QED) is 0.257. The van der Waals surface area contributed by atoms with Gasteiger partial charge in [0.15, 0.2) is 11.2 Å². The summed E-state index contributed by atoms with van der Waals surface area (Å²) in [7, 11) is 1.30. The van der Waals surface area contributed by atoms with Gasteiger partial charge in [0.1, 0.15) is 29.5 Å². The maximum absolute atomic E-state index is 13.6. The van der Waals surface area contributed by atoms with Crippen molar-refractivity contribution in [1.82, 2.24) is 0 Å². The molecule has 1 unspecified atom stereocenters. The topological polar surface area (TPSA) is 160 Å². The number of carbonyl (C=O) groups is 3. The van der Waals surface area contributed by atoms with Crippen LogP contribution < -0.4 is 0 Å². The van der Waals surface area contributed by atoms with Crippen molar-refractivity contribution in [3.8, 4) is 0 Å². The Morgan fingerprint density at radius 1 is 1.15 bits per heavy atom. The molecule has 12 nitrogen and oxygen atoms in total. The third kappa shape index (κ3) is 3.03. The molecule has 1 spiro atoms. The van der Waals surface area contributed by atoms with Crippen molar-refractivity contribution in [2.24, 2.45) is 28.1 Å². The number of cyclic esters (lactones) is 1. The molecule has 8 rings (SSSR count). The van der Waals surface area contributed by atoms with E-state index in [-0.39, 0.29) is 12.8 Å². The Morgan fingerprint density at radius 2 is 1.88 bits per heavy atom. The van der Waals surface area contributed by atoms with E-state index in [4.69, 9.17) is 32.8 Å². The van der Waals surface area contributed by atoms with Crippen molar-refractivity contribution in [1.29, 1.82) is 0 Å². The molecule has 0 radical (unpaired) electrons. The smallest absolute Gasteiger partial charge is 0.333 e. The molecule has 12 atom stereocenters. The molecule has 0 aromatic carbocycles. The van der Waals surface area contributed by atoms with Crippen LogP contribution in [0.4, 0.5) is 0 Å². The maximum atomic E-state index is 13.6. The molecule has 2 saturated heterocycles. The average Bonchev–Trinajstić information content (AvgIpc) is 3.83. The summed E-state index contributed by atoms with van der Waals surface area (Å²) < 4.78 is 44.0. The maximum Gasteiger partial charge on any atom is 0.333 e. The van der Waals surface area contributed by atoms with Gasteiger partial charge in [-0.05, 0) is 50.7 Å². The highest BCUT2D eigenvalue weighted by molar-refractivity contribution is 5.88. The van der Waals surface area contributed by atoms with Gasteiger partial charge in [0.25, 0.3) is 5.97 Å². The van der Waals surface area contributed by atoms with Crippen LogP contribution in [0.15, 0.2) is 46.3 Å². The predicted molar refractivity (Wildman–Crippen MR) is 163 cm³/mol. The molecule has 260 valence electrons. The molecular weight excluding hydrogens is 624 g/mol. The predicted octanol–water partition coefficient (Wildman–Crippen LogP) is 3.80. The van der Waals surface area contributed by atoms with Gasteiger partial charge in [0.2, 0.25) is 0 Å². The lowest BCUT2D eigenvalue weighted by Gasteiger charge is -2.75. The van der Waals surface area contributed by atoms with E-state index in [0.717, 1.165) is 0 Å². The zero-order valence-electron chi connectivity index (χ0n) is 28.6. The van der Waals surface area contributed by atoms with Crippen LogP contribution in [-0.2, 0) is 42.8 Å². The van der Waals surface area contributed by atoms with Crippen molar-refractivity contribution in [3.63, 3.8) is 0 Å². The second kappa shape index (κ2) is 9.19. The number of esters is 3. The van der Waals surface area contributed by atoms with E-state index in [2.05, 4.69) is 0 Å². The fourth-order valence-corrected chi connectivity index (χ4v) is 11.7. The molecular formula is C36H44O12. The Hall–Kier alpha value is -3.03. The van der Waals surface area contributed by atoms with Gasteiger partial charge in [-0.15, -0.1) is 0 Å². The van der Waals surface area contributed by atoms with Gasteiger partial charge in [0, 0.05) is 45.8 Å². The van der Waals surface area contributed by atoms with E-state index in [9.17, 15) is 24.6 Å². The van der Waals surface area contributed by atoms with Crippen molar-refractivity contribution < 1.29 is 57.4 Å². The highest BCUT2D eigenvalue weighted by Gasteiger charge is 3.02. The third-order valence-corrected chi connectivity index (χ3v) is 14.0. The fourth-order valence-electron chi connectivity index (χ4n) is 11.7. The van der Waals surface area contributed by atoms with Crippen molar-refractivity contribution in [3.05, 3.63) is 47.5 Å². The second-order valence-corrected chi connectivity index (χ2v) is 16.0. The number of ether oxygens (including phenoxy) is 6. The third-order valence-electron chi connectivity index (χ3n) is 14.0. The summed E-state index contributed by atoms with van der Waals surface area (Å²) in [4.78, 5) is 40.5. The highest BCUT2D eigenvalue weighted by Crippen LogP contribution is 2.88. The minimum absolute atomic E-state index is 0.0206. The number of aliphatic hydroxyl groups is 2. The Bertz CT molecular complexity index is 1700. The first-order valence-corrected chi connectivity index (χ1v) is 16.8. The van der Waals surface area contributed by atoms with Crippen LogP contribution in [0.3, 0.4) is 0 Å². The summed E-state index contributed by atoms with van der Waals surface area (Å²) in [6, 6.07) is 1.75. The van der Waals surface area contributed by atoms with Crippen molar-refractivity contribution >= 4 is 17.9 Å². The molecule has 7 aliphatic rings. The zero-order valence-corrected chi connectivity index (χ0v) is 28.6. The fraction of sp³-hybridized carbons (Fsp3) is 0.694. The standard InChI is InChI=1S/C36H44O12/c1-9-19(4)26(39)45-27-30(6)17-32(40)31(7,21(30)14-23(37)42-8)33-12-11-29(5)22(15-24(38)44-25(29)20-10-13-43-16-20)35(33)28(34(27,32)41)46-36(47-33,48-35)18(2)3/h9-10,13,15-16,18,21,25,27-28,40-41H,11-12,14,17H2,1-8H3/b19-9+/t21-,25-,27-,28+,29+,30+,31+,32+,33-,34-,35+,36?/m0/s1. The number of methoxy groups -OCH3 is 1. The van der Waals surface area contributed by atoms with E-state index in [1.54, 1.807) is 26.0 Å². The molecule has 0 amide bonds. The molecule has 1 aromatic rings. The molecule has 2 N–H and O–H groups in total. The molecule has 4 heterocycles. The number of allylic oxidation sites excluding steroid dienone is 1. The number of rotatable bonds is 6. The molecule has 12 heteroatoms. The molecule has 48 heavy (non-hydrogen) atoms. The van der Waals surface area contributed by atoms with Crippen LogP contribution in [0.25, 0.3) is 0 Å². The minimum Gasteiger partial charge on any atom is -0.472 e. The van der Waals surface area contributed by atoms with Crippen LogP contribution in [0.5, 0.6) is 0 Å². The largest absolute Gasteiger partial charge is 0.472 e. The molecule has 1 aromatic heterocycles. The Balaban J connectivity index is 1.44. The van der Waals surface area contributed by atoms with Crippen LogP contribution in [0.2, 0.25) is 0 Å². The summed E-state index contributed by atoms with van der Waals surface area (Å²) in [5.74, 6) is -4.68. The number of fused-ring (bicyclic) bond motifs is 4. The first kappa shape index (κ1) is 32.2. The number of furan rings is 1. The summed E-state index contributed by atoms with van der Waals surface area (Å²) in [6.45, 7) is 12.7. The van der Waals surface area contributed by atoms with Crippen molar-refractivity contribution in [2.75, 3.05) is 7.11 Å². The van der Waals surface area contributed by atoms with Crippen LogP contribution in [0.1, 0.15) is 85.8 Å². The highest BCUT2D eigenvalue weighted by atomic mass is 17.0. The first-order chi connectivity index (χ1) is 22.4. The Labute approximate surface area is 278 Å². The average molecular weight is 669 g/mol. The van der Waals surface area contributed by atoms with Gasteiger partial charge in [-0.25, -0.2) is 9.59 Å². The van der Waals surface area contributed by atoms with Crippen molar-refractivity contribution in [2.45, 2.75) is 121 Å². The number of carbonyl (C=O) groups excluding carboxylic acids is 3. The van der Waals surface area contributed by atoms with E-state index in [0.29, 0.717) is 29.6 Å². The Morgan fingerprint density at radius 3 is 2.50 bits per heavy atom. The lowest BCUT2D eigenvalue weighted by atomic mass is 9.35. The minimum atomic E-state index is -2.28. The molecule has 6 fully saturated rings. The molecule has 4 bridgehead atoms. The van der Waals surface area contributed by atoms with Gasteiger partial charge in [0.05, 0.1) is 19.6 Å². The lowest BCUT2D eigenvalue weighted by Crippen LogP contribution is -2.92. The van der Waals surface area contributed by atoms with Crippen LogP contribution in [-0.4, -0.2) is 75.8 Å². The zero-order chi connectivity index (χ0) is 34.7. The summed E-state index contributed by atoms with van der Waals surface area (Å²) in [6.07, 6.45) is 3.14. The summed E-state index contributed by atoms with van der Waals surface area (Å²) in [5.41, 5.74) is -9.36. The second-order valence-electron chi connectivity index (χ2n) is 16.0. The van der Waals surface area contributed by atoms with Gasteiger partial charge in [-0.3, -0.25) is 4.79 Å². The lowest BCUT2D eigenvalue weighted by molar-refractivity contribution is -0.454. The van der Waals surface area contributed by atoms with Gasteiger partial charge in [-0.2, -0.15) is 0 Å².